The predicted molar refractivity (Wildman–Crippen MR) is 88.0 cm³/mol. The highest BCUT2D eigenvalue weighted by atomic mass is 16.5. The van der Waals surface area contributed by atoms with Crippen molar-refractivity contribution in [3.63, 3.8) is 0 Å². The molecule has 5 nitrogen and oxygen atoms in total. The van der Waals surface area contributed by atoms with Crippen LogP contribution in [0.4, 0.5) is 5.69 Å². The van der Waals surface area contributed by atoms with Crippen LogP contribution in [0.25, 0.3) is 11.4 Å². The molecule has 5 heteroatoms. The van der Waals surface area contributed by atoms with Gasteiger partial charge in [0.05, 0.1) is 13.7 Å². The first-order valence-electron chi connectivity index (χ1n) is 7.06. The molecule has 0 spiro atoms. The van der Waals surface area contributed by atoms with E-state index in [2.05, 4.69) is 21.4 Å². The topological polar surface area (TPSA) is 60.2 Å². The van der Waals surface area contributed by atoms with Crippen LogP contribution in [0.15, 0.2) is 53.1 Å². The van der Waals surface area contributed by atoms with Gasteiger partial charge in [0.15, 0.2) is 0 Å². The summed E-state index contributed by atoms with van der Waals surface area (Å²) in [5.41, 5.74) is 2.60. The fraction of sp³-hybridized carbons (Fsp3) is 0.111. The second-order valence-corrected chi connectivity index (χ2v) is 4.82. The molecule has 0 aliphatic heterocycles. The zero-order chi connectivity index (χ0) is 16.1. The molecule has 1 heterocycles. The molecule has 0 fully saturated rings. The zero-order valence-corrected chi connectivity index (χ0v) is 12.6. The quantitative estimate of drug-likeness (QED) is 0.733. The molecule has 0 atom stereocenters. The number of nitrogens with one attached hydrogen (secondary N) is 1. The van der Waals surface area contributed by atoms with E-state index in [0.717, 1.165) is 22.6 Å². The number of benzene rings is 2. The van der Waals surface area contributed by atoms with Crippen LogP contribution < -0.4 is 10.1 Å². The van der Waals surface area contributed by atoms with Crippen LogP contribution in [0, 0.1) is 12.3 Å². The van der Waals surface area contributed by atoms with Crippen LogP contribution >= 0.6 is 0 Å². The first kappa shape index (κ1) is 14.7. The Morgan fingerprint density at radius 3 is 2.78 bits per heavy atom. The van der Waals surface area contributed by atoms with Gasteiger partial charge in [-0.2, -0.15) is 4.98 Å². The van der Waals surface area contributed by atoms with Gasteiger partial charge < -0.3 is 14.6 Å². The first-order chi connectivity index (χ1) is 11.3. The van der Waals surface area contributed by atoms with Crippen molar-refractivity contribution in [3.05, 3.63) is 60.0 Å². The van der Waals surface area contributed by atoms with Gasteiger partial charge in [0.25, 0.3) is 0 Å². The van der Waals surface area contributed by atoms with E-state index in [0.29, 0.717) is 18.3 Å². The molecule has 0 amide bonds. The minimum absolute atomic E-state index is 0.428. The van der Waals surface area contributed by atoms with E-state index in [1.165, 1.54) is 0 Å². The fourth-order valence-corrected chi connectivity index (χ4v) is 2.08. The molecule has 0 radical (unpaired) electrons. The summed E-state index contributed by atoms with van der Waals surface area (Å²) in [6.07, 6.45) is 5.39. The number of aromatic nitrogens is 2. The fourth-order valence-electron chi connectivity index (χ4n) is 2.08. The minimum atomic E-state index is 0.428. The lowest BCUT2D eigenvalue weighted by molar-refractivity contribution is 0.384. The number of terminal acetylenes is 1. The normalized spacial score (nSPS) is 10.1. The van der Waals surface area contributed by atoms with E-state index in [1.807, 2.05) is 48.5 Å². The third-order valence-corrected chi connectivity index (χ3v) is 3.29. The molecule has 1 N–H and O–H groups in total. The molecule has 0 unspecified atom stereocenters. The molecule has 0 saturated carbocycles. The molecule has 23 heavy (non-hydrogen) atoms. The third-order valence-electron chi connectivity index (χ3n) is 3.29. The first-order valence-corrected chi connectivity index (χ1v) is 7.06. The van der Waals surface area contributed by atoms with Crippen molar-refractivity contribution in [2.75, 3.05) is 12.4 Å². The van der Waals surface area contributed by atoms with E-state index in [-0.39, 0.29) is 0 Å². The van der Waals surface area contributed by atoms with Gasteiger partial charge in [-0.05, 0) is 42.5 Å². The molecule has 114 valence electrons. The van der Waals surface area contributed by atoms with Gasteiger partial charge in [-0.1, -0.05) is 17.1 Å². The van der Waals surface area contributed by atoms with E-state index in [4.69, 9.17) is 15.7 Å². The summed E-state index contributed by atoms with van der Waals surface area (Å²) >= 11 is 0. The van der Waals surface area contributed by atoms with Gasteiger partial charge in [0.1, 0.15) is 5.75 Å². The smallest absolute Gasteiger partial charge is 0.246 e. The van der Waals surface area contributed by atoms with Crippen molar-refractivity contribution in [1.82, 2.24) is 10.1 Å². The number of anilines is 1. The van der Waals surface area contributed by atoms with Gasteiger partial charge in [-0.3, -0.25) is 0 Å². The van der Waals surface area contributed by atoms with Crippen molar-refractivity contribution < 1.29 is 9.26 Å². The molecule has 2 aromatic carbocycles. The molecule has 3 aromatic rings. The van der Waals surface area contributed by atoms with Gasteiger partial charge in [0, 0.05) is 16.8 Å². The molecular weight excluding hydrogens is 290 g/mol. The lowest BCUT2D eigenvalue weighted by Crippen LogP contribution is -1.99. The van der Waals surface area contributed by atoms with Crippen LogP contribution in [-0.4, -0.2) is 17.3 Å². The minimum Gasteiger partial charge on any atom is -0.497 e. The average molecular weight is 305 g/mol. The number of rotatable bonds is 5. The van der Waals surface area contributed by atoms with Crippen LogP contribution in [0.5, 0.6) is 5.75 Å². The van der Waals surface area contributed by atoms with Gasteiger partial charge >= 0.3 is 0 Å². The average Bonchev–Trinajstić information content (AvgIpc) is 3.09. The maximum Gasteiger partial charge on any atom is 0.246 e. The molecule has 0 aliphatic rings. The number of nitrogens with zero attached hydrogens (tertiary/aromatic N) is 2. The van der Waals surface area contributed by atoms with Gasteiger partial charge in [-0.25, -0.2) is 0 Å². The van der Waals surface area contributed by atoms with Crippen LogP contribution in [0.1, 0.15) is 11.5 Å². The van der Waals surface area contributed by atoms with Gasteiger partial charge in [0.2, 0.25) is 11.7 Å². The highest BCUT2D eigenvalue weighted by molar-refractivity contribution is 5.55. The molecule has 0 saturated heterocycles. The van der Waals surface area contributed by atoms with E-state index >= 15 is 0 Å². The SMILES string of the molecule is C#Cc1cccc(NCc2nc(-c3ccc(OC)cc3)no2)c1. The molecule has 3 rings (SSSR count). The Hall–Kier alpha value is -3.26. The number of methoxy groups -OCH3 is 1. The second kappa shape index (κ2) is 6.67. The maximum atomic E-state index is 5.39. The van der Waals surface area contributed by atoms with Crippen LogP contribution in [0.3, 0.4) is 0 Å². The zero-order valence-electron chi connectivity index (χ0n) is 12.6. The van der Waals surface area contributed by atoms with Crippen molar-refractivity contribution in [1.29, 1.82) is 0 Å². The Morgan fingerprint density at radius 2 is 2.04 bits per heavy atom. The van der Waals surface area contributed by atoms with E-state index < -0.39 is 0 Å². The Labute approximate surface area is 134 Å². The summed E-state index contributed by atoms with van der Waals surface area (Å²) in [6, 6.07) is 15.1. The highest BCUT2D eigenvalue weighted by Crippen LogP contribution is 2.20. The summed E-state index contributed by atoms with van der Waals surface area (Å²) in [4.78, 5) is 4.37. The Bertz CT molecular complexity index is 832. The maximum absolute atomic E-state index is 5.39. The number of hydrogen-bond donors (Lipinski definition) is 1. The summed E-state index contributed by atoms with van der Waals surface area (Å²) in [5, 5.41) is 7.20. The summed E-state index contributed by atoms with van der Waals surface area (Å²) in [6.45, 7) is 0.428. The number of ether oxygens (including phenoxy) is 1. The van der Waals surface area contributed by atoms with Crippen LogP contribution in [-0.2, 0) is 6.54 Å². The summed E-state index contributed by atoms with van der Waals surface area (Å²) in [7, 11) is 1.63. The lowest BCUT2D eigenvalue weighted by atomic mass is 10.2. The largest absolute Gasteiger partial charge is 0.497 e. The van der Waals surface area contributed by atoms with E-state index in [1.54, 1.807) is 7.11 Å². The van der Waals surface area contributed by atoms with E-state index in [9.17, 15) is 0 Å². The standard InChI is InChI=1S/C18H15N3O2/c1-3-13-5-4-6-15(11-13)19-12-17-20-18(21-23-17)14-7-9-16(22-2)10-8-14/h1,4-11,19H,12H2,2H3. The van der Waals surface area contributed by atoms with Gasteiger partial charge in [-0.15, -0.1) is 6.42 Å². The molecule has 0 aliphatic carbocycles. The van der Waals surface area contributed by atoms with Crippen molar-refractivity contribution in [3.8, 4) is 29.5 Å². The molecular formula is C18H15N3O2. The second-order valence-electron chi connectivity index (χ2n) is 4.82. The number of hydrogen-bond acceptors (Lipinski definition) is 5. The monoisotopic (exact) mass is 305 g/mol. The third kappa shape index (κ3) is 3.50. The van der Waals surface area contributed by atoms with Crippen molar-refractivity contribution >= 4 is 5.69 Å². The summed E-state index contributed by atoms with van der Waals surface area (Å²) in [5.74, 6) is 4.43. The Balaban J connectivity index is 1.68. The Kier molecular flexibility index (Phi) is 4.25. The molecule has 1 aromatic heterocycles. The van der Waals surface area contributed by atoms with Crippen molar-refractivity contribution in [2.45, 2.75) is 6.54 Å². The molecule has 0 bridgehead atoms. The lowest BCUT2D eigenvalue weighted by Gasteiger charge is -2.03. The summed E-state index contributed by atoms with van der Waals surface area (Å²) < 4.78 is 10.4. The van der Waals surface area contributed by atoms with Crippen molar-refractivity contribution in [2.24, 2.45) is 0 Å². The van der Waals surface area contributed by atoms with Crippen LogP contribution in [0.2, 0.25) is 0 Å². The predicted octanol–water partition coefficient (Wildman–Crippen LogP) is 3.34. The Morgan fingerprint density at radius 1 is 1.22 bits per heavy atom. The highest BCUT2D eigenvalue weighted by Gasteiger charge is 2.08.